The summed E-state index contributed by atoms with van der Waals surface area (Å²) < 4.78 is 40.2. The van der Waals surface area contributed by atoms with Crippen LogP contribution in [0.15, 0.2) is 12.4 Å². The Labute approximate surface area is 204 Å². The molecule has 0 saturated carbocycles. The SMILES string of the molecule is CNS(=O)(=O)N1CC(OC)C(N2CCc3c(-c4cnc(N)nc4)nc(N4CCOCC4C)nc32)C1. The summed E-state index contributed by atoms with van der Waals surface area (Å²) in [5.74, 6) is 1.59. The number of methoxy groups -OCH3 is 1. The van der Waals surface area contributed by atoms with Crippen molar-refractivity contribution in [3.8, 4) is 11.3 Å². The molecule has 190 valence electrons. The van der Waals surface area contributed by atoms with E-state index in [1.54, 1.807) is 19.5 Å². The number of hydrogen-bond donors (Lipinski definition) is 2. The third-order valence-electron chi connectivity index (χ3n) is 6.92. The summed E-state index contributed by atoms with van der Waals surface area (Å²) in [6, 6.07) is -0.0774. The second-order valence-electron chi connectivity index (χ2n) is 8.93. The Bertz CT molecular complexity index is 1180. The Morgan fingerprint density at radius 1 is 1.17 bits per heavy atom. The van der Waals surface area contributed by atoms with E-state index in [0.717, 1.165) is 22.6 Å². The molecule has 3 atom stereocenters. The lowest BCUT2D eigenvalue weighted by Gasteiger charge is -2.35. The van der Waals surface area contributed by atoms with Crippen molar-refractivity contribution >= 4 is 27.9 Å². The topological polar surface area (TPSA) is 152 Å². The highest BCUT2D eigenvalue weighted by molar-refractivity contribution is 7.87. The largest absolute Gasteiger partial charge is 0.378 e. The van der Waals surface area contributed by atoms with Gasteiger partial charge < -0.3 is 25.0 Å². The van der Waals surface area contributed by atoms with Crippen LogP contribution in [-0.2, 0) is 26.1 Å². The zero-order valence-electron chi connectivity index (χ0n) is 20.1. The Balaban J connectivity index is 1.58. The number of morpholine rings is 1. The molecule has 2 fully saturated rings. The predicted molar refractivity (Wildman–Crippen MR) is 130 cm³/mol. The van der Waals surface area contributed by atoms with E-state index in [1.165, 1.54) is 11.4 Å². The van der Waals surface area contributed by atoms with Gasteiger partial charge in [0.2, 0.25) is 11.9 Å². The van der Waals surface area contributed by atoms with Crippen LogP contribution in [0.4, 0.5) is 17.7 Å². The van der Waals surface area contributed by atoms with E-state index >= 15 is 0 Å². The van der Waals surface area contributed by atoms with Gasteiger partial charge in [0.1, 0.15) is 5.82 Å². The Hall–Kier alpha value is -2.65. The Morgan fingerprint density at radius 2 is 1.94 bits per heavy atom. The molecule has 3 unspecified atom stereocenters. The number of nitrogens with zero attached hydrogens (tertiary/aromatic N) is 7. The molecule has 14 heteroatoms. The number of anilines is 3. The molecule has 0 radical (unpaired) electrons. The van der Waals surface area contributed by atoms with Crippen molar-refractivity contribution in [2.45, 2.75) is 31.5 Å². The van der Waals surface area contributed by atoms with Crippen LogP contribution in [-0.4, -0.2) is 104 Å². The van der Waals surface area contributed by atoms with E-state index in [9.17, 15) is 8.42 Å². The fourth-order valence-electron chi connectivity index (χ4n) is 5.02. The molecule has 0 aliphatic carbocycles. The number of fused-ring (bicyclic) bond motifs is 1. The first-order valence-electron chi connectivity index (χ1n) is 11.6. The number of nitrogens with one attached hydrogen (secondary N) is 1. The van der Waals surface area contributed by atoms with E-state index in [0.29, 0.717) is 45.2 Å². The van der Waals surface area contributed by atoms with Crippen molar-refractivity contribution < 1.29 is 17.9 Å². The number of aromatic nitrogens is 4. The molecular weight excluding hydrogens is 474 g/mol. The molecule has 2 aromatic heterocycles. The van der Waals surface area contributed by atoms with Crippen molar-refractivity contribution in [3.05, 3.63) is 18.0 Å². The van der Waals surface area contributed by atoms with Gasteiger partial charge in [-0.25, -0.2) is 19.7 Å². The summed E-state index contributed by atoms with van der Waals surface area (Å²) in [6.45, 7) is 5.19. The number of nitrogens with two attached hydrogens (primary N) is 1. The Kier molecular flexibility index (Phi) is 6.48. The van der Waals surface area contributed by atoms with Gasteiger partial charge in [-0.3, -0.25) is 0 Å². The van der Waals surface area contributed by atoms with E-state index < -0.39 is 10.2 Å². The lowest BCUT2D eigenvalue weighted by molar-refractivity contribution is 0.0980. The summed E-state index contributed by atoms with van der Waals surface area (Å²) in [5, 5.41) is 0. The molecular formula is C21H31N9O4S. The molecule has 2 aromatic rings. The normalized spacial score (nSPS) is 25.3. The molecule has 5 rings (SSSR count). The maximum atomic E-state index is 12.5. The molecule has 13 nitrogen and oxygen atoms in total. The average molecular weight is 506 g/mol. The molecule has 0 spiro atoms. The lowest BCUT2D eigenvalue weighted by Crippen LogP contribution is -2.46. The highest BCUT2D eigenvalue weighted by atomic mass is 32.2. The van der Waals surface area contributed by atoms with E-state index in [-0.39, 0.29) is 30.7 Å². The summed E-state index contributed by atoms with van der Waals surface area (Å²) >= 11 is 0. The minimum atomic E-state index is -3.58. The fraction of sp³-hybridized carbons (Fsp3) is 0.619. The highest BCUT2D eigenvalue weighted by Gasteiger charge is 2.44. The molecule has 3 aliphatic rings. The number of ether oxygens (including phenoxy) is 2. The molecule has 5 heterocycles. The van der Waals surface area contributed by atoms with Crippen LogP contribution in [0.1, 0.15) is 12.5 Å². The van der Waals surface area contributed by atoms with Gasteiger partial charge >= 0.3 is 0 Å². The van der Waals surface area contributed by atoms with Crippen LogP contribution in [0, 0.1) is 0 Å². The highest BCUT2D eigenvalue weighted by Crippen LogP contribution is 2.38. The zero-order chi connectivity index (χ0) is 24.7. The molecule has 0 bridgehead atoms. The number of hydrogen-bond acceptors (Lipinski definition) is 11. The van der Waals surface area contributed by atoms with Gasteiger partial charge in [-0.2, -0.15) is 17.7 Å². The van der Waals surface area contributed by atoms with Gasteiger partial charge in [0, 0.05) is 63.9 Å². The third-order valence-corrected chi connectivity index (χ3v) is 8.42. The second-order valence-corrected chi connectivity index (χ2v) is 10.8. The van der Waals surface area contributed by atoms with Crippen molar-refractivity contribution in [2.24, 2.45) is 0 Å². The van der Waals surface area contributed by atoms with Gasteiger partial charge in [0.15, 0.2) is 0 Å². The van der Waals surface area contributed by atoms with Crippen molar-refractivity contribution in [3.63, 3.8) is 0 Å². The number of nitrogen functional groups attached to an aromatic ring is 1. The maximum Gasteiger partial charge on any atom is 0.279 e. The van der Waals surface area contributed by atoms with Gasteiger partial charge in [-0.1, -0.05) is 0 Å². The minimum absolute atomic E-state index is 0.113. The standard InChI is InChI=1S/C21H31N9O4S/c1-13-12-34-7-6-29(13)21-26-18(14-8-24-20(22)25-9-14)15-4-5-30(19(15)27-21)16-10-28(11-17(16)33-3)35(31,32)23-2/h8-9,13,16-17,23H,4-7,10-12H2,1-3H3,(H2,22,24,25). The lowest BCUT2D eigenvalue weighted by atomic mass is 10.1. The summed E-state index contributed by atoms with van der Waals surface area (Å²) in [7, 11) is -0.546. The second kappa shape index (κ2) is 9.43. The monoisotopic (exact) mass is 505 g/mol. The molecule has 3 aliphatic heterocycles. The molecule has 3 N–H and O–H groups in total. The van der Waals surface area contributed by atoms with Crippen molar-refractivity contribution in [1.82, 2.24) is 29.0 Å². The first-order valence-corrected chi connectivity index (χ1v) is 13.1. The predicted octanol–water partition coefficient (Wildman–Crippen LogP) is -0.733. The van der Waals surface area contributed by atoms with Crippen LogP contribution in [0.5, 0.6) is 0 Å². The fourth-order valence-corrected chi connectivity index (χ4v) is 5.97. The molecule has 2 saturated heterocycles. The van der Waals surface area contributed by atoms with Crippen molar-refractivity contribution in [2.75, 3.05) is 69.1 Å². The molecule has 0 amide bonds. The molecule has 35 heavy (non-hydrogen) atoms. The minimum Gasteiger partial charge on any atom is -0.378 e. The third kappa shape index (κ3) is 4.40. The van der Waals surface area contributed by atoms with Gasteiger partial charge in [-0.05, 0) is 13.3 Å². The molecule has 0 aromatic carbocycles. The quantitative estimate of drug-likeness (QED) is 0.511. The zero-order valence-corrected chi connectivity index (χ0v) is 20.9. The first kappa shape index (κ1) is 24.1. The average Bonchev–Trinajstić information content (AvgIpc) is 3.48. The van der Waals surface area contributed by atoms with Crippen molar-refractivity contribution in [1.29, 1.82) is 0 Å². The van der Waals surface area contributed by atoms with E-state index in [4.69, 9.17) is 25.2 Å². The summed E-state index contributed by atoms with van der Waals surface area (Å²) in [4.78, 5) is 22.6. The Morgan fingerprint density at radius 3 is 2.63 bits per heavy atom. The van der Waals surface area contributed by atoms with Crippen LogP contribution in [0.2, 0.25) is 0 Å². The van der Waals surface area contributed by atoms with E-state index in [2.05, 4.69) is 31.4 Å². The van der Waals surface area contributed by atoms with Crippen LogP contribution >= 0.6 is 0 Å². The van der Waals surface area contributed by atoms with Gasteiger partial charge in [0.25, 0.3) is 10.2 Å². The first-order chi connectivity index (χ1) is 16.8. The van der Waals surface area contributed by atoms with Gasteiger partial charge in [0.05, 0.1) is 37.1 Å². The van der Waals surface area contributed by atoms with Crippen LogP contribution < -0.4 is 20.3 Å². The van der Waals surface area contributed by atoms with Crippen LogP contribution in [0.25, 0.3) is 11.3 Å². The van der Waals surface area contributed by atoms with Crippen LogP contribution in [0.3, 0.4) is 0 Å². The summed E-state index contributed by atoms with van der Waals surface area (Å²) in [5.41, 5.74) is 8.22. The smallest absolute Gasteiger partial charge is 0.279 e. The van der Waals surface area contributed by atoms with Gasteiger partial charge in [-0.15, -0.1) is 0 Å². The number of rotatable bonds is 6. The summed E-state index contributed by atoms with van der Waals surface area (Å²) in [6.07, 6.45) is 3.76. The maximum absolute atomic E-state index is 12.5. The van der Waals surface area contributed by atoms with E-state index in [1.807, 2.05) is 0 Å².